The molecule has 0 spiro atoms. The van der Waals surface area contributed by atoms with Crippen molar-refractivity contribution in [1.82, 2.24) is 5.32 Å². The summed E-state index contributed by atoms with van der Waals surface area (Å²) in [5, 5.41) is 2.62. The standard InChI is InChI=1S/C18H25NO5S/c1-3-23-17(21)5-4-8-19-16(20)11-24-18(22)15-10-13-9-12(2)6-7-14(13)25-15/h10,12H,3-9,11H2,1-2H3,(H,19,20). The van der Waals surface area contributed by atoms with Gasteiger partial charge < -0.3 is 14.8 Å². The van der Waals surface area contributed by atoms with Crippen LogP contribution in [0.5, 0.6) is 0 Å². The zero-order chi connectivity index (χ0) is 18.2. The predicted octanol–water partition coefficient (Wildman–Crippen LogP) is 2.49. The first kappa shape index (κ1) is 19.4. The zero-order valence-corrected chi connectivity index (χ0v) is 15.6. The van der Waals surface area contributed by atoms with E-state index in [1.807, 2.05) is 6.07 Å². The second-order valence-corrected chi connectivity index (χ2v) is 7.38. The minimum absolute atomic E-state index is 0.257. The first-order chi connectivity index (χ1) is 12.0. The molecule has 1 heterocycles. The molecule has 1 aliphatic rings. The van der Waals surface area contributed by atoms with Crippen LogP contribution < -0.4 is 5.32 Å². The summed E-state index contributed by atoms with van der Waals surface area (Å²) < 4.78 is 9.88. The Morgan fingerprint density at radius 1 is 1.32 bits per heavy atom. The lowest BCUT2D eigenvalue weighted by molar-refractivity contribution is -0.143. The van der Waals surface area contributed by atoms with Crippen molar-refractivity contribution in [1.29, 1.82) is 0 Å². The minimum Gasteiger partial charge on any atom is -0.466 e. The number of amides is 1. The van der Waals surface area contributed by atoms with Gasteiger partial charge in [-0.2, -0.15) is 0 Å². The Morgan fingerprint density at radius 3 is 2.88 bits per heavy atom. The molecule has 0 fully saturated rings. The Labute approximate surface area is 151 Å². The van der Waals surface area contributed by atoms with Crippen LogP contribution in [0.2, 0.25) is 0 Å². The highest BCUT2D eigenvalue weighted by Gasteiger charge is 2.21. The molecule has 0 aliphatic heterocycles. The summed E-state index contributed by atoms with van der Waals surface area (Å²) >= 11 is 1.47. The van der Waals surface area contributed by atoms with Crippen LogP contribution in [0.1, 0.15) is 53.2 Å². The van der Waals surface area contributed by atoms with Crippen LogP contribution in [-0.4, -0.2) is 37.6 Å². The molecule has 0 saturated carbocycles. The molecule has 25 heavy (non-hydrogen) atoms. The summed E-state index contributed by atoms with van der Waals surface area (Å²) in [4.78, 5) is 36.8. The molecule has 1 aromatic heterocycles. The summed E-state index contributed by atoms with van der Waals surface area (Å²) in [7, 11) is 0. The van der Waals surface area contributed by atoms with Gasteiger partial charge in [0.15, 0.2) is 6.61 Å². The average Bonchev–Trinajstić information content (AvgIpc) is 3.00. The van der Waals surface area contributed by atoms with Crippen LogP contribution in [0.4, 0.5) is 0 Å². The van der Waals surface area contributed by atoms with Crippen LogP contribution in [-0.2, 0) is 31.9 Å². The molecule has 1 N–H and O–H groups in total. The molecule has 1 unspecified atom stereocenters. The van der Waals surface area contributed by atoms with Crippen molar-refractivity contribution < 1.29 is 23.9 Å². The monoisotopic (exact) mass is 367 g/mol. The second kappa shape index (κ2) is 9.56. The molecule has 1 aromatic rings. The molecule has 6 nitrogen and oxygen atoms in total. The molecule has 2 rings (SSSR count). The minimum atomic E-state index is -0.450. The maximum Gasteiger partial charge on any atom is 0.348 e. The number of esters is 2. The molecule has 0 aromatic carbocycles. The normalized spacial score (nSPS) is 16.0. The quantitative estimate of drug-likeness (QED) is 0.564. The number of carbonyl (C=O) groups is 3. The van der Waals surface area contributed by atoms with Gasteiger partial charge in [-0.05, 0) is 50.2 Å². The van der Waals surface area contributed by atoms with Gasteiger partial charge in [0.2, 0.25) is 0 Å². The fourth-order valence-corrected chi connectivity index (χ4v) is 3.86. The van der Waals surface area contributed by atoms with Gasteiger partial charge in [0.05, 0.1) is 6.61 Å². The molecule has 1 aliphatic carbocycles. The topological polar surface area (TPSA) is 81.7 Å². The Balaban J connectivity index is 1.68. The van der Waals surface area contributed by atoms with E-state index in [4.69, 9.17) is 9.47 Å². The number of hydrogen-bond acceptors (Lipinski definition) is 6. The largest absolute Gasteiger partial charge is 0.466 e. The van der Waals surface area contributed by atoms with Gasteiger partial charge >= 0.3 is 11.9 Å². The summed E-state index contributed by atoms with van der Waals surface area (Å²) in [6.07, 6.45) is 3.91. The van der Waals surface area contributed by atoms with E-state index >= 15 is 0 Å². The molecule has 0 radical (unpaired) electrons. The lowest BCUT2D eigenvalue weighted by atomic mass is 9.90. The summed E-state index contributed by atoms with van der Waals surface area (Å²) in [6, 6.07) is 1.90. The third-order valence-electron chi connectivity index (χ3n) is 4.05. The number of hydrogen-bond donors (Lipinski definition) is 1. The maximum atomic E-state index is 12.1. The lowest BCUT2D eigenvalue weighted by Crippen LogP contribution is -2.29. The van der Waals surface area contributed by atoms with Crippen LogP contribution in [0.25, 0.3) is 0 Å². The van der Waals surface area contributed by atoms with Crippen molar-refractivity contribution in [3.8, 4) is 0 Å². The summed E-state index contributed by atoms with van der Waals surface area (Å²) in [6.45, 7) is 4.35. The van der Waals surface area contributed by atoms with E-state index in [0.717, 1.165) is 19.3 Å². The molecular weight excluding hydrogens is 342 g/mol. The van der Waals surface area contributed by atoms with Gasteiger partial charge in [0.25, 0.3) is 5.91 Å². The van der Waals surface area contributed by atoms with E-state index < -0.39 is 5.97 Å². The number of carbonyl (C=O) groups excluding carboxylic acids is 3. The SMILES string of the molecule is CCOC(=O)CCCNC(=O)COC(=O)c1cc2c(s1)CCC(C)C2. The zero-order valence-electron chi connectivity index (χ0n) is 14.8. The number of thiophene rings is 1. The summed E-state index contributed by atoms with van der Waals surface area (Å²) in [5.41, 5.74) is 1.24. The Kier molecular flexibility index (Phi) is 7.43. The number of fused-ring (bicyclic) bond motifs is 1. The average molecular weight is 367 g/mol. The van der Waals surface area contributed by atoms with Crippen LogP contribution >= 0.6 is 11.3 Å². The predicted molar refractivity (Wildman–Crippen MR) is 94.7 cm³/mol. The van der Waals surface area contributed by atoms with Crippen LogP contribution in [0, 0.1) is 5.92 Å². The summed E-state index contributed by atoms with van der Waals surface area (Å²) in [5.74, 6) is -0.452. The molecule has 7 heteroatoms. The fraction of sp³-hybridized carbons (Fsp3) is 0.611. The van der Waals surface area contributed by atoms with Crippen molar-refractivity contribution in [3.63, 3.8) is 0 Å². The van der Waals surface area contributed by atoms with Gasteiger partial charge in [-0.15, -0.1) is 11.3 Å². The first-order valence-corrected chi connectivity index (χ1v) is 9.52. The second-order valence-electron chi connectivity index (χ2n) is 6.24. The van der Waals surface area contributed by atoms with Gasteiger partial charge in [-0.3, -0.25) is 9.59 Å². The highest BCUT2D eigenvalue weighted by molar-refractivity contribution is 7.14. The lowest BCUT2D eigenvalue weighted by Gasteiger charge is -2.16. The van der Waals surface area contributed by atoms with E-state index in [9.17, 15) is 14.4 Å². The fourth-order valence-electron chi connectivity index (χ4n) is 2.75. The van der Waals surface area contributed by atoms with Crippen molar-refractivity contribution in [2.24, 2.45) is 5.92 Å². The van der Waals surface area contributed by atoms with Gasteiger partial charge in [0, 0.05) is 17.8 Å². The smallest absolute Gasteiger partial charge is 0.348 e. The number of aryl methyl sites for hydroxylation is 1. The van der Waals surface area contributed by atoms with Crippen molar-refractivity contribution in [3.05, 3.63) is 21.4 Å². The van der Waals surface area contributed by atoms with Crippen LogP contribution in [0.3, 0.4) is 0 Å². The molecule has 138 valence electrons. The van der Waals surface area contributed by atoms with Crippen molar-refractivity contribution in [2.75, 3.05) is 19.8 Å². The molecule has 0 saturated heterocycles. The van der Waals surface area contributed by atoms with Gasteiger partial charge in [-0.25, -0.2) is 4.79 Å². The molecule has 0 bridgehead atoms. The maximum absolute atomic E-state index is 12.1. The van der Waals surface area contributed by atoms with E-state index in [0.29, 0.717) is 30.4 Å². The third kappa shape index (κ3) is 6.16. The van der Waals surface area contributed by atoms with Gasteiger partial charge in [-0.1, -0.05) is 6.92 Å². The van der Waals surface area contributed by atoms with E-state index in [1.165, 1.54) is 21.8 Å². The van der Waals surface area contributed by atoms with E-state index in [2.05, 4.69) is 12.2 Å². The van der Waals surface area contributed by atoms with Crippen molar-refractivity contribution in [2.45, 2.75) is 46.0 Å². The third-order valence-corrected chi connectivity index (χ3v) is 5.27. The first-order valence-electron chi connectivity index (χ1n) is 8.70. The molecule has 1 atom stereocenters. The molecule has 1 amide bonds. The Bertz CT molecular complexity index is 625. The number of nitrogens with one attached hydrogen (secondary N) is 1. The van der Waals surface area contributed by atoms with Crippen LogP contribution in [0.15, 0.2) is 6.07 Å². The Hall–Kier alpha value is -1.89. The highest BCUT2D eigenvalue weighted by atomic mass is 32.1. The molecular formula is C18H25NO5S. The van der Waals surface area contributed by atoms with Crippen molar-refractivity contribution >= 4 is 29.2 Å². The number of rotatable bonds is 8. The highest BCUT2D eigenvalue weighted by Crippen LogP contribution is 2.32. The number of ether oxygens (including phenoxy) is 2. The van der Waals surface area contributed by atoms with E-state index in [1.54, 1.807) is 6.92 Å². The van der Waals surface area contributed by atoms with E-state index in [-0.39, 0.29) is 24.9 Å². The Morgan fingerprint density at radius 2 is 2.12 bits per heavy atom. The van der Waals surface area contributed by atoms with Gasteiger partial charge in [0.1, 0.15) is 4.88 Å².